The molecule has 6 heteroatoms. The van der Waals surface area contributed by atoms with E-state index in [1.807, 2.05) is 49.4 Å². The van der Waals surface area contributed by atoms with E-state index in [1.165, 1.54) is 0 Å². The highest BCUT2D eigenvalue weighted by Gasteiger charge is 2.20. The molecule has 0 amide bonds. The summed E-state index contributed by atoms with van der Waals surface area (Å²) in [7, 11) is 0. The number of aliphatic carboxylic acids is 1. The second kappa shape index (κ2) is 5.59. The fourth-order valence-electron chi connectivity index (χ4n) is 3.34. The maximum absolute atomic E-state index is 11.3. The number of carboxylic acid groups (broad SMARTS) is 1. The molecule has 0 spiro atoms. The van der Waals surface area contributed by atoms with Crippen LogP contribution < -0.4 is 0 Å². The average molecular weight is 333 g/mol. The van der Waals surface area contributed by atoms with Crippen molar-refractivity contribution in [2.24, 2.45) is 0 Å². The number of fused-ring (bicyclic) bond motifs is 2. The monoisotopic (exact) mass is 333 g/mol. The molecule has 2 heterocycles. The molecule has 2 aromatic heterocycles. The Balaban J connectivity index is 2.11. The number of nitrogens with zero attached hydrogens (tertiary/aromatic N) is 3. The molecule has 0 aliphatic rings. The van der Waals surface area contributed by atoms with Crippen molar-refractivity contribution < 1.29 is 15.0 Å². The van der Waals surface area contributed by atoms with Crippen LogP contribution in [0.1, 0.15) is 5.69 Å². The van der Waals surface area contributed by atoms with Gasteiger partial charge in [0.15, 0.2) is 0 Å². The average Bonchev–Trinajstić information content (AvgIpc) is 2.88. The van der Waals surface area contributed by atoms with E-state index in [2.05, 4.69) is 10.2 Å². The highest BCUT2D eigenvalue weighted by molar-refractivity contribution is 6.06. The molecule has 4 aromatic rings. The number of benzene rings is 2. The number of hydrogen-bond donors (Lipinski definition) is 2. The first kappa shape index (κ1) is 15.1. The lowest BCUT2D eigenvalue weighted by Crippen LogP contribution is -2.10. The minimum absolute atomic E-state index is 0.119. The van der Waals surface area contributed by atoms with E-state index < -0.39 is 5.97 Å². The van der Waals surface area contributed by atoms with Crippen LogP contribution in [0, 0.1) is 6.92 Å². The van der Waals surface area contributed by atoms with Gasteiger partial charge in [0.25, 0.3) is 0 Å². The SMILES string of the molecule is Cc1c(-c2nnc(O)c3ccccc23)c2ccccc2n1CC(=O)O. The summed E-state index contributed by atoms with van der Waals surface area (Å²) < 4.78 is 1.76. The van der Waals surface area contributed by atoms with Crippen molar-refractivity contribution in [1.82, 2.24) is 14.8 Å². The molecule has 0 atom stereocenters. The Morgan fingerprint density at radius 1 is 1.00 bits per heavy atom. The van der Waals surface area contributed by atoms with Gasteiger partial charge in [0.1, 0.15) is 12.2 Å². The van der Waals surface area contributed by atoms with Gasteiger partial charge >= 0.3 is 5.97 Å². The highest BCUT2D eigenvalue weighted by atomic mass is 16.4. The number of carbonyl (C=O) groups is 1. The normalized spacial score (nSPS) is 11.2. The number of carboxylic acids is 1. The first-order valence-electron chi connectivity index (χ1n) is 7.82. The van der Waals surface area contributed by atoms with Crippen molar-refractivity contribution in [3.8, 4) is 17.1 Å². The molecule has 2 aromatic carbocycles. The molecule has 0 saturated heterocycles. The predicted molar refractivity (Wildman–Crippen MR) is 94.5 cm³/mol. The summed E-state index contributed by atoms with van der Waals surface area (Å²) in [6, 6.07) is 15.0. The van der Waals surface area contributed by atoms with Crippen molar-refractivity contribution in [3.63, 3.8) is 0 Å². The summed E-state index contributed by atoms with van der Waals surface area (Å²) in [5.41, 5.74) is 3.09. The van der Waals surface area contributed by atoms with Gasteiger partial charge < -0.3 is 14.8 Å². The zero-order chi connectivity index (χ0) is 17.6. The second-order valence-electron chi connectivity index (χ2n) is 5.88. The lowest BCUT2D eigenvalue weighted by atomic mass is 10.0. The van der Waals surface area contributed by atoms with Gasteiger partial charge in [-0.1, -0.05) is 36.4 Å². The fraction of sp³-hybridized carbons (Fsp3) is 0.105. The lowest BCUT2D eigenvalue weighted by molar-refractivity contribution is -0.137. The van der Waals surface area contributed by atoms with E-state index in [0.717, 1.165) is 27.5 Å². The van der Waals surface area contributed by atoms with Crippen molar-refractivity contribution in [3.05, 3.63) is 54.2 Å². The Labute approximate surface area is 143 Å². The Bertz CT molecular complexity index is 1130. The van der Waals surface area contributed by atoms with Gasteiger partial charge in [-0.15, -0.1) is 10.2 Å². The van der Waals surface area contributed by atoms with E-state index in [9.17, 15) is 15.0 Å². The Morgan fingerprint density at radius 2 is 1.64 bits per heavy atom. The number of rotatable bonds is 3. The van der Waals surface area contributed by atoms with Gasteiger partial charge in [-0.3, -0.25) is 4.79 Å². The van der Waals surface area contributed by atoms with E-state index >= 15 is 0 Å². The van der Waals surface area contributed by atoms with Crippen molar-refractivity contribution in [2.75, 3.05) is 0 Å². The predicted octanol–water partition coefficient (Wildman–Crippen LogP) is 3.35. The van der Waals surface area contributed by atoms with Gasteiger partial charge in [0.2, 0.25) is 5.88 Å². The van der Waals surface area contributed by atoms with Gasteiger partial charge in [-0.25, -0.2) is 0 Å². The van der Waals surface area contributed by atoms with Crippen LogP contribution in [-0.4, -0.2) is 30.9 Å². The molecule has 0 unspecified atom stereocenters. The summed E-state index contributed by atoms with van der Waals surface area (Å²) in [6.07, 6.45) is 0. The first-order valence-corrected chi connectivity index (χ1v) is 7.82. The summed E-state index contributed by atoms with van der Waals surface area (Å²) in [5.74, 6) is -1.02. The molecule has 4 rings (SSSR count). The zero-order valence-electron chi connectivity index (χ0n) is 13.5. The third-order valence-corrected chi connectivity index (χ3v) is 4.43. The number of aromatic nitrogens is 3. The summed E-state index contributed by atoms with van der Waals surface area (Å²) >= 11 is 0. The van der Waals surface area contributed by atoms with E-state index in [1.54, 1.807) is 10.6 Å². The minimum Gasteiger partial charge on any atom is -0.492 e. The van der Waals surface area contributed by atoms with Crippen LogP contribution in [0.3, 0.4) is 0 Å². The maximum atomic E-state index is 11.3. The van der Waals surface area contributed by atoms with Crippen LogP contribution in [0.2, 0.25) is 0 Å². The van der Waals surface area contributed by atoms with E-state index in [4.69, 9.17) is 0 Å². The van der Waals surface area contributed by atoms with Gasteiger partial charge in [-0.05, 0) is 19.1 Å². The van der Waals surface area contributed by atoms with Gasteiger partial charge in [0.05, 0.1) is 0 Å². The summed E-state index contributed by atoms with van der Waals surface area (Å²) in [6.45, 7) is 1.75. The second-order valence-corrected chi connectivity index (χ2v) is 5.88. The molecule has 0 radical (unpaired) electrons. The molecule has 0 saturated carbocycles. The first-order chi connectivity index (χ1) is 12.1. The maximum Gasteiger partial charge on any atom is 0.323 e. The van der Waals surface area contributed by atoms with Crippen molar-refractivity contribution in [1.29, 1.82) is 0 Å². The minimum atomic E-state index is -0.906. The Hall–Kier alpha value is -3.41. The standard InChI is InChI=1S/C19H15N3O3/c1-11-17(14-8-4-5-9-15(14)22(11)10-16(23)24)18-12-6-2-3-7-13(12)19(25)21-20-18/h2-9H,10H2,1H3,(H,21,25)(H,23,24). The molecule has 6 nitrogen and oxygen atoms in total. The van der Waals surface area contributed by atoms with Crippen LogP contribution in [0.4, 0.5) is 0 Å². The number of hydrogen-bond acceptors (Lipinski definition) is 4. The Kier molecular flexibility index (Phi) is 3.39. The van der Waals surface area contributed by atoms with E-state index in [-0.39, 0.29) is 12.4 Å². The van der Waals surface area contributed by atoms with Crippen molar-refractivity contribution in [2.45, 2.75) is 13.5 Å². The van der Waals surface area contributed by atoms with Gasteiger partial charge in [-0.2, -0.15) is 0 Å². The molecule has 0 fully saturated rings. The van der Waals surface area contributed by atoms with Crippen molar-refractivity contribution >= 4 is 27.6 Å². The zero-order valence-corrected chi connectivity index (χ0v) is 13.5. The lowest BCUT2D eigenvalue weighted by Gasteiger charge is -2.08. The smallest absolute Gasteiger partial charge is 0.323 e. The van der Waals surface area contributed by atoms with Crippen LogP contribution in [0.25, 0.3) is 32.9 Å². The van der Waals surface area contributed by atoms with Gasteiger partial charge in [0, 0.05) is 32.9 Å². The molecular formula is C19H15N3O3. The third kappa shape index (κ3) is 2.30. The topological polar surface area (TPSA) is 88.2 Å². The van der Waals surface area contributed by atoms with Crippen LogP contribution in [0.15, 0.2) is 48.5 Å². The molecule has 124 valence electrons. The highest BCUT2D eigenvalue weighted by Crippen LogP contribution is 2.38. The van der Waals surface area contributed by atoms with Crippen LogP contribution >= 0.6 is 0 Å². The summed E-state index contributed by atoms with van der Waals surface area (Å²) in [4.78, 5) is 11.3. The number of aromatic hydroxyl groups is 1. The van der Waals surface area contributed by atoms with E-state index in [0.29, 0.717) is 11.1 Å². The van der Waals surface area contributed by atoms with Crippen LogP contribution in [0.5, 0.6) is 5.88 Å². The van der Waals surface area contributed by atoms with Crippen LogP contribution in [-0.2, 0) is 11.3 Å². The fourth-order valence-corrected chi connectivity index (χ4v) is 3.34. The molecule has 2 N–H and O–H groups in total. The molecular weight excluding hydrogens is 318 g/mol. The quantitative estimate of drug-likeness (QED) is 0.600. The Morgan fingerprint density at radius 3 is 2.36 bits per heavy atom. The molecule has 0 bridgehead atoms. The molecule has 0 aliphatic carbocycles. The number of para-hydroxylation sites is 1. The molecule has 25 heavy (non-hydrogen) atoms. The summed E-state index contributed by atoms with van der Waals surface area (Å²) in [5, 5.41) is 29.6. The third-order valence-electron chi connectivity index (χ3n) is 4.43. The largest absolute Gasteiger partial charge is 0.492 e. The molecule has 0 aliphatic heterocycles.